The molecule has 8 heteroatoms. The molecular weight excluding hydrogens is 325 g/mol. The molecule has 124 valence electrons. The summed E-state index contributed by atoms with van der Waals surface area (Å²) >= 11 is 5.63. The summed E-state index contributed by atoms with van der Waals surface area (Å²) in [6.07, 6.45) is 0.555. The smallest absolute Gasteiger partial charge is 0.251 e. The van der Waals surface area contributed by atoms with Crippen LogP contribution >= 0.6 is 11.6 Å². The minimum atomic E-state index is -0.588. The highest BCUT2D eigenvalue weighted by atomic mass is 35.5. The summed E-state index contributed by atoms with van der Waals surface area (Å²) in [5, 5.41) is 5.12. The fourth-order valence-corrected chi connectivity index (χ4v) is 2.56. The van der Waals surface area contributed by atoms with Crippen molar-refractivity contribution in [3.05, 3.63) is 34.6 Å². The molecule has 1 unspecified atom stereocenters. The SMILES string of the molecule is CC(=O)NC1CCN(CCNC(=O)c2ccc(F)c(Cl)c2)C1=O. The van der Waals surface area contributed by atoms with Crippen LogP contribution < -0.4 is 10.6 Å². The van der Waals surface area contributed by atoms with Crippen molar-refractivity contribution >= 4 is 29.3 Å². The van der Waals surface area contributed by atoms with Gasteiger partial charge in [-0.1, -0.05) is 11.6 Å². The maximum Gasteiger partial charge on any atom is 0.251 e. The van der Waals surface area contributed by atoms with Gasteiger partial charge in [-0.15, -0.1) is 0 Å². The number of halogens is 2. The Balaban J connectivity index is 1.81. The zero-order chi connectivity index (χ0) is 17.0. The molecule has 0 saturated carbocycles. The predicted octanol–water partition coefficient (Wildman–Crippen LogP) is 0.946. The molecular formula is C15H17ClFN3O3. The third-order valence-electron chi connectivity index (χ3n) is 3.52. The van der Waals surface area contributed by atoms with Crippen molar-refractivity contribution in [3.8, 4) is 0 Å². The van der Waals surface area contributed by atoms with Gasteiger partial charge >= 0.3 is 0 Å². The number of benzene rings is 1. The number of amides is 3. The second-order valence-corrected chi connectivity index (χ2v) is 5.66. The first-order valence-corrected chi connectivity index (χ1v) is 7.55. The minimum absolute atomic E-state index is 0.120. The van der Waals surface area contributed by atoms with Crippen molar-refractivity contribution in [1.29, 1.82) is 0 Å². The molecule has 1 heterocycles. The van der Waals surface area contributed by atoms with E-state index >= 15 is 0 Å². The van der Waals surface area contributed by atoms with Crippen LogP contribution in [-0.2, 0) is 9.59 Å². The van der Waals surface area contributed by atoms with Crippen LogP contribution in [0.15, 0.2) is 18.2 Å². The van der Waals surface area contributed by atoms with Crippen LogP contribution in [0.2, 0.25) is 5.02 Å². The number of likely N-dealkylation sites (tertiary alicyclic amines) is 1. The molecule has 6 nitrogen and oxygen atoms in total. The van der Waals surface area contributed by atoms with Crippen LogP contribution in [0.25, 0.3) is 0 Å². The summed E-state index contributed by atoms with van der Waals surface area (Å²) in [5.74, 6) is -1.38. The van der Waals surface area contributed by atoms with Gasteiger partial charge in [-0.05, 0) is 24.6 Å². The summed E-state index contributed by atoms with van der Waals surface area (Å²) in [5.41, 5.74) is 0.250. The standard InChI is InChI=1S/C15H17ClFN3O3/c1-9(21)19-13-4-6-20(15(13)23)7-5-18-14(22)10-2-3-12(17)11(16)8-10/h2-3,8,13H,4-7H2,1H3,(H,18,22)(H,19,21). The third kappa shape index (κ3) is 4.41. The lowest BCUT2D eigenvalue weighted by molar-refractivity contribution is -0.132. The lowest BCUT2D eigenvalue weighted by atomic mass is 10.2. The molecule has 0 aliphatic carbocycles. The number of carbonyl (C=O) groups excluding carboxylic acids is 3. The quantitative estimate of drug-likeness (QED) is 0.837. The highest BCUT2D eigenvalue weighted by Gasteiger charge is 2.31. The molecule has 0 spiro atoms. The van der Waals surface area contributed by atoms with Crippen molar-refractivity contribution in [2.24, 2.45) is 0 Å². The fourth-order valence-electron chi connectivity index (χ4n) is 2.38. The van der Waals surface area contributed by atoms with E-state index in [1.54, 1.807) is 4.90 Å². The first-order chi connectivity index (χ1) is 10.9. The number of nitrogens with zero attached hydrogens (tertiary/aromatic N) is 1. The lowest BCUT2D eigenvalue weighted by Gasteiger charge is -2.17. The number of rotatable bonds is 5. The second kappa shape index (κ2) is 7.41. The predicted molar refractivity (Wildman–Crippen MR) is 82.5 cm³/mol. The third-order valence-corrected chi connectivity index (χ3v) is 3.81. The minimum Gasteiger partial charge on any atom is -0.350 e. The number of hydrogen-bond donors (Lipinski definition) is 2. The molecule has 2 rings (SSSR count). The Bertz CT molecular complexity index is 638. The Labute approximate surface area is 138 Å². The van der Waals surface area contributed by atoms with Gasteiger partial charge in [-0.2, -0.15) is 0 Å². The molecule has 1 aromatic rings. The number of carbonyl (C=O) groups is 3. The van der Waals surface area contributed by atoms with Gasteiger partial charge in [0.2, 0.25) is 11.8 Å². The van der Waals surface area contributed by atoms with Crippen molar-refractivity contribution in [2.45, 2.75) is 19.4 Å². The summed E-state index contributed by atoms with van der Waals surface area (Å²) in [4.78, 5) is 36.5. The topological polar surface area (TPSA) is 78.5 Å². The molecule has 23 heavy (non-hydrogen) atoms. The van der Waals surface area contributed by atoms with E-state index in [0.717, 1.165) is 6.07 Å². The zero-order valence-electron chi connectivity index (χ0n) is 12.6. The van der Waals surface area contributed by atoms with Gasteiger partial charge in [-0.3, -0.25) is 14.4 Å². The summed E-state index contributed by atoms with van der Waals surface area (Å²) in [7, 11) is 0. The molecule has 1 saturated heterocycles. The van der Waals surface area contributed by atoms with Crippen molar-refractivity contribution in [3.63, 3.8) is 0 Å². The first-order valence-electron chi connectivity index (χ1n) is 7.17. The molecule has 1 aromatic carbocycles. The Morgan fingerprint density at radius 3 is 2.83 bits per heavy atom. The number of hydrogen-bond acceptors (Lipinski definition) is 3. The molecule has 2 N–H and O–H groups in total. The normalized spacial score (nSPS) is 17.3. The van der Waals surface area contributed by atoms with Crippen LogP contribution in [0.4, 0.5) is 4.39 Å². The van der Waals surface area contributed by atoms with Gasteiger partial charge in [-0.25, -0.2) is 4.39 Å². The molecule has 0 bridgehead atoms. The first kappa shape index (κ1) is 17.2. The van der Waals surface area contributed by atoms with E-state index in [-0.39, 0.29) is 28.9 Å². The highest BCUT2D eigenvalue weighted by Crippen LogP contribution is 2.16. The monoisotopic (exact) mass is 341 g/mol. The number of nitrogens with one attached hydrogen (secondary N) is 2. The van der Waals surface area contributed by atoms with Gasteiger partial charge in [0.25, 0.3) is 5.91 Å². The largest absolute Gasteiger partial charge is 0.350 e. The Kier molecular flexibility index (Phi) is 5.54. The van der Waals surface area contributed by atoms with Gasteiger partial charge in [0, 0.05) is 32.1 Å². The van der Waals surface area contributed by atoms with Crippen molar-refractivity contribution in [1.82, 2.24) is 15.5 Å². The van der Waals surface area contributed by atoms with E-state index in [1.807, 2.05) is 0 Å². The summed E-state index contributed by atoms with van der Waals surface area (Å²) in [6, 6.07) is 3.23. The average Bonchev–Trinajstić information content (AvgIpc) is 2.82. The van der Waals surface area contributed by atoms with Crippen molar-refractivity contribution < 1.29 is 18.8 Å². The van der Waals surface area contributed by atoms with Gasteiger partial charge in [0.1, 0.15) is 11.9 Å². The van der Waals surface area contributed by atoms with Gasteiger partial charge in [0.15, 0.2) is 0 Å². The Morgan fingerprint density at radius 2 is 2.17 bits per heavy atom. The summed E-state index contributed by atoms with van der Waals surface area (Å²) in [6.45, 7) is 2.49. The van der Waals surface area contributed by atoms with E-state index in [4.69, 9.17) is 11.6 Å². The van der Waals surface area contributed by atoms with Crippen LogP contribution in [0.5, 0.6) is 0 Å². The molecule has 1 atom stereocenters. The molecule has 1 aliphatic rings. The van der Waals surface area contributed by atoms with E-state index in [0.29, 0.717) is 19.5 Å². The van der Waals surface area contributed by atoms with Crippen LogP contribution in [0.1, 0.15) is 23.7 Å². The van der Waals surface area contributed by atoms with Gasteiger partial charge < -0.3 is 15.5 Å². The van der Waals surface area contributed by atoms with Crippen LogP contribution in [0, 0.1) is 5.82 Å². The van der Waals surface area contributed by atoms with E-state index < -0.39 is 17.8 Å². The summed E-state index contributed by atoms with van der Waals surface area (Å²) < 4.78 is 13.1. The Hall–Kier alpha value is -2.15. The van der Waals surface area contributed by atoms with E-state index in [1.165, 1.54) is 19.1 Å². The fraction of sp³-hybridized carbons (Fsp3) is 0.400. The average molecular weight is 342 g/mol. The second-order valence-electron chi connectivity index (χ2n) is 5.25. The molecule has 0 aromatic heterocycles. The van der Waals surface area contributed by atoms with Crippen LogP contribution in [0.3, 0.4) is 0 Å². The maximum absolute atomic E-state index is 13.1. The molecule has 0 radical (unpaired) electrons. The zero-order valence-corrected chi connectivity index (χ0v) is 13.3. The Morgan fingerprint density at radius 1 is 1.43 bits per heavy atom. The molecule has 3 amide bonds. The van der Waals surface area contributed by atoms with Gasteiger partial charge in [0.05, 0.1) is 5.02 Å². The van der Waals surface area contributed by atoms with Crippen LogP contribution in [-0.4, -0.2) is 48.3 Å². The highest BCUT2D eigenvalue weighted by molar-refractivity contribution is 6.31. The lowest BCUT2D eigenvalue weighted by Crippen LogP contribution is -2.42. The maximum atomic E-state index is 13.1. The molecule has 1 aliphatic heterocycles. The van der Waals surface area contributed by atoms with Crippen molar-refractivity contribution in [2.75, 3.05) is 19.6 Å². The molecule has 1 fully saturated rings. The van der Waals surface area contributed by atoms with E-state index in [9.17, 15) is 18.8 Å². The van der Waals surface area contributed by atoms with E-state index in [2.05, 4.69) is 10.6 Å².